The van der Waals surface area contributed by atoms with Gasteiger partial charge in [-0.2, -0.15) is 0 Å². The van der Waals surface area contributed by atoms with Gasteiger partial charge >= 0.3 is 0 Å². The fraction of sp³-hybridized carbons (Fsp3) is 1.00. The normalized spacial score (nSPS) is 19.6. The minimum atomic E-state index is -3.05. The van der Waals surface area contributed by atoms with Crippen molar-refractivity contribution in [1.82, 2.24) is 10.0 Å². The van der Waals surface area contributed by atoms with Crippen molar-refractivity contribution >= 4 is 10.0 Å². The highest BCUT2D eigenvalue weighted by Gasteiger charge is 2.27. The van der Waals surface area contributed by atoms with E-state index < -0.39 is 10.0 Å². The Bertz CT molecular complexity index is 260. The zero-order chi connectivity index (χ0) is 10.6. The third kappa shape index (κ3) is 4.39. The predicted molar refractivity (Wildman–Crippen MR) is 57.7 cm³/mol. The van der Waals surface area contributed by atoms with Gasteiger partial charge in [-0.3, -0.25) is 0 Å². The van der Waals surface area contributed by atoms with Gasteiger partial charge in [0.2, 0.25) is 10.0 Å². The Balaban J connectivity index is 2.13. The molecule has 0 aliphatic heterocycles. The van der Waals surface area contributed by atoms with Crippen molar-refractivity contribution in [3.63, 3.8) is 0 Å². The maximum absolute atomic E-state index is 11.2. The maximum atomic E-state index is 11.2. The smallest absolute Gasteiger partial charge is 0.212 e. The van der Waals surface area contributed by atoms with E-state index in [0.717, 1.165) is 5.92 Å². The predicted octanol–water partition coefficient (Wildman–Crippen LogP) is 0.314. The van der Waals surface area contributed by atoms with E-state index in [1.165, 1.54) is 12.8 Å². The van der Waals surface area contributed by atoms with Crippen LogP contribution in [0.5, 0.6) is 0 Å². The molecule has 1 unspecified atom stereocenters. The monoisotopic (exact) mass is 220 g/mol. The van der Waals surface area contributed by atoms with Gasteiger partial charge in [-0.1, -0.05) is 6.92 Å². The Morgan fingerprint density at radius 3 is 2.57 bits per heavy atom. The number of hydrogen-bond acceptors (Lipinski definition) is 3. The molecule has 0 spiro atoms. The molecule has 1 aliphatic carbocycles. The second-order valence-electron chi connectivity index (χ2n) is 3.90. The minimum Gasteiger partial charge on any atom is -0.313 e. The van der Waals surface area contributed by atoms with E-state index in [9.17, 15) is 8.42 Å². The third-order valence-corrected chi connectivity index (χ3v) is 4.00. The molecule has 0 bridgehead atoms. The van der Waals surface area contributed by atoms with E-state index in [4.69, 9.17) is 0 Å². The molecule has 0 amide bonds. The summed E-state index contributed by atoms with van der Waals surface area (Å²) in [6.45, 7) is 4.93. The molecular formula is C9H20N2O2S. The summed E-state index contributed by atoms with van der Waals surface area (Å²) < 4.78 is 25.0. The van der Waals surface area contributed by atoms with E-state index in [2.05, 4.69) is 17.0 Å². The fourth-order valence-corrected chi connectivity index (χ4v) is 2.45. The van der Waals surface area contributed by atoms with E-state index >= 15 is 0 Å². The standard InChI is InChI=1S/C9H20N2O2S/c1-3-11-14(12,13)7-6-10-8(2)9-4-5-9/h8-11H,3-7H2,1-2H3. The topological polar surface area (TPSA) is 58.2 Å². The first kappa shape index (κ1) is 11.9. The van der Waals surface area contributed by atoms with Crippen LogP contribution in [0, 0.1) is 5.92 Å². The van der Waals surface area contributed by atoms with Crippen LogP contribution in [0.1, 0.15) is 26.7 Å². The largest absolute Gasteiger partial charge is 0.313 e. The summed E-state index contributed by atoms with van der Waals surface area (Å²) in [5, 5.41) is 3.24. The molecule has 1 fully saturated rings. The lowest BCUT2D eigenvalue weighted by Crippen LogP contribution is -2.36. The van der Waals surface area contributed by atoms with Gasteiger partial charge in [-0.05, 0) is 25.7 Å². The second kappa shape index (κ2) is 5.09. The highest BCUT2D eigenvalue weighted by Crippen LogP contribution is 2.32. The summed E-state index contributed by atoms with van der Waals surface area (Å²) >= 11 is 0. The molecule has 1 rings (SSSR count). The van der Waals surface area contributed by atoms with Crippen molar-refractivity contribution in [3.8, 4) is 0 Å². The average Bonchev–Trinajstić information content (AvgIpc) is 2.85. The number of rotatable bonds is 7. The zero-order valence-corrected chi connectivity index (χ0v) is 9.73. The summed E-state index contributed by atoms with van der Waals surface area (Å²) in [6, 6.07) is 0.465. The molecule has 2 N–H and O–H groups in total. The summed E-state index contributed by atoms with van der Waals surface area (Å²) in [4.78, 5) is 0. The maximum Gasteiger partial charge on any atom is 0.212 e. The van der Waals surface area contributed by atoms with Gasteiger partial charge in [0.1, 0.15) is 0 Å². The Kier molecular flexibility index (Phi) is 4.34. The Morgan fingerprint density at radius 1 is 1.43 bits per heavy atom. The van der Waals surface area contributed by atoms with Crippen LogP contribution in [0.15, 0.2) is 0 Å². The zero-order valence-electron chi connectivity index (χ0n) is 8.91. The molecule has 0 heterocycles. The molecule has 0 saturated heterocycles. The first-order chi connectivity index (χ1) is 6.55. The second-order valence-corrected chi connectivity index (χ2v) is 5.82. The van der Waals surface area contributed by atoms with Crippen LogP contribution in [0.2, 0.25) is 0 Å². The van der Waals surface area contributed by atoms with Gasteiger partial charge in [0.05, 0.1) is 5.75 Å². The lowest BCUT2D eigenvalue weighted by atomic mass is 10.2. The lowest BCUT2D eigenvalue weighted by molar-refractivity contribution is 0.508. The molecule has 0 aromatic heterocycles. The van der Waals surface area contributed by atoms with E-state index in [1.807, 2.05) is 0 Å². The molecular weight excluding hydrogens is 200 g/mol. The minimum absolute atomic E-state index is 0.178. The lowest BCUT2D eigenvalue weighted by Gasteiger charge is -2.12. The number of sulfonamides is 1. The highest BCUT2D eigenvalue weighted by molar-refractivity contribution is 7.89. The van der Waals surface area contributed by atoms with Crippen molar-refractivity contribution in [3.05, 3.63) is 0 Å². The quantitative estimate of drug-likeness (QED) is 0.649. The number of nitrogens with one attached hydrogen (secondary N) is 2. The fourth-order valence-electron chi connectivity index (χ4n) is 1.48. The molecule has 14 heavy (non-hydrogen) atoms. The van der Waals surface area contributed by atoms with Crippen LogP contribution < -0.4 is 10.0 Å². The highest BCUT2D eigenvalue weighted by atomic mass is 32.2. The molecule has 84 valence electrons. The van der Waals surface area contributed by atoms with Crippen LogP contribution in [0.3, 0.4) is 0 Å². The van der Waals surface area contributed by atoms with Crippen molar-refractivity contribution in [2.75, 3.05) is 18.8 Å². The van der Waals surface area contributed by atoms with Crippen molar-refractivity contribution < 1.29 is 8.42 Å². The van der Waals surface area contributed by atoms with Gasteiger partial charge in [0.25, 0.3) is 0 Å². The summed E-state index contributed by atoms with van der Waals surface area (Å²) in [5.41, 5.74) is 0. The SMILES string of the molecule is CCNS(=O)(=O)CCNC(C)C1CC1. The van der Waals surface area contributed by atoms with Crippen LogP contribution >= 0.6 is 0 Å². The van der Waals surface area contributed by atoms with Crippen molar-refractivity contribution in [2.24, 2.45) is 5.92 Å². The van der Waals surface area contributed by atoms with Crippen molar-refractivity contribution in [2.45, 2.75) is 32.7 Å². The molecule has 4 nitrogen and oxygen atoms in total. The summed E-state index contributed by atoms with van der Waals surface area (Å²) in [6.07, 6.45) is 2.57. The molecule has 0 aromatic carbocycles. The van der Waals surface area contributed by atoms with Gasteiger partial charge in [0.15, 0.2) is 0 Å². The first-order valence-corrected chi connectivity index (χ1v) is 6.91. The van der Waals surface area contributed by atoms with Gasteiger partial charge < -0.3 is 5.32 Å². The molecule has 0 aromatic rings. The molecule has 1 atom stereocenters. The summed E-state index contributed by atoms with van der Waals surface area (Å²) in [5.74, 6) is 0.953. The van der Waals surface area contributed by atoms with E-state index in [1.54, 1.807) is 6.92 Å². The Hall–Kier alpha value is -0.130. The van der Waals surface area contributed by atoms with E-state index in [-0.39, 0.29) is 5.75 Å². The van der Waals surface area contributed by atoms with Gasteiger partial charge in [0, 0.05) is 19.1 Å². The molecule has 1 aliphatic rings. The molecule has 5 heteroatoms. The van der Waals surface area contributed by atoms with E-state index in [0.29, 0.717) is 19.1 Å². The summed E-state index contributed by atoms with van der Waals surface area (Å²) in [7, 11) is -3.05. The third-order valence-electron chi connectivity index (χ3n) is 2.53. The molecule has 0 radical (unpaired) electrons. The average molecular weight is 220 g/mol. The van der Waals surface area contributed by atoms with Gasteiger partial charge in [-0.25, -0.2) is 13.1 Å². The number of hydrogen-bond donors (Lipinski definition) is 2. The Morgan fingerprint density at radius 2 is 2.07 bits per heavy atom. The molecule has 1 saturated carbocycles. The van der Waals surface area contributed by atoms with Crippen LogP contribution in [-0.2, 0) is 10.0 Å². The van der Waals surface area contributed by atoms with Gasteiger partial charge in [-0.15, -0.1) is 0 Å². The first-order valence-electron chi connectivity index (χ1n) is 5.26. The van der Waals surface area contributed by atoms with Crippen molar-refractivity contribution in [1.29, 1.82) is 0 Å². The van der Waals surface area contributed by atoms with Crippen LogP contribution in [0.25, 0.3) is 0 Å². The van der Waals surface area contributed by atoms with Crippen LogP contribution in [0.4, 0.5) is 0 Å². The Labute approximate surface area is 86.5 Å². The van der Waals surface area contributed by atoms with Crippen LogP contribution in [-0.4, -0.2) is 33.3 Å².